The molecule has 7 heteroatoms. The summed E-state index contributed by atoms with van der Waals surface area (Å²) in [4.78, 5) is 23.9. The van der Waals surface area contributed by atoms with Crippen LogP contribution in [0, 0.1) is 11.8 Å². The lowest BCUT2D eigenvalue weighted by atomic mass is 9.95. The molecular formula is C18H23N3O4. The average Bonchev–Trinajstić information content (AvgIpc) is 2.58. The monoisotopic (exact) mass is 345 g/mol. The molecule has 0 bridgehead atoms. The van der Waals surface area contributed by atoms with Gasteiger partial charge in [-0.1, -0.05) is 17.9 Å². The Balaban J connectivity index is 2.81. The van der Waals surface area contributed by atoms with E-state index in [-0.39, 0.29) is 6.61 Å². The topological polar surface area (TPSA) is 125 Å². The van der Waals surface area contributed by atoms with E-state index >= 15 is 0 Å². The highest BCUT2D eigenvalue weighted by atomic mass is 16.5. The summed E-state index contributed by atoms with van der Waals surface area (Å²) in [6.45, 7) is 3.21. The number of amides is 2. The van der Waals surface area contributed by atoms with Crippen molar-refractivity contribution in [1.29, 1.82) is 0 Å². The fourth-order valence-corrected chi connectivity index (χ4v) is 1.92. The molecule has 25 heavy (non-hydrogen) atoms. The summed E-state index contributed by atoms with van der Waals surface area (Å²) < 4.78 is 0. The fourth-order valence-electron chi connectivity index (χ4n) is 1.92. The van der Waals surface area contributed by atoms with Gasteiger partial charge in [-0.25, -0.2) is 5.48 Å². The van der Waals surface area contributed by atoms with E-state index in [1.54, 1.807) is 50.3 Å². The largest absolute Gasteiger partial charge is 0.396 e. The molecule has 0 saturated carbocycles. The lowest BCUT2D eigenvalue weighted by Gasteiger charge is -2.29. The van der Waals surface area contributed by atoms with Gasteiger partial charge in [-0.15, -0.1) is 0 Å². The number of hydroxylamine groups is 1. The Bertz CT molecular complexity index is 679. The van der Waals surface area contributed by atoms with Crippen molar-refractivity contribution in [3.63, 3.8) is 0 Å². The molecule has 0 fully saturated rings. The molecule has 2 amide bonds. The highest BCUT2D eigenvalue weighted by Gasteiger charge is 2.33. The summed E-state index contributed by atoms with van der Waals surface area (Å²) in [5.74, 6) is 4.43. The van der Waals surface area contributed by atoms with Crippen molar-refractivity contribution in [2.45, 2.75) is 31.8 Å². The van der Waals surface area contributed by atoms with Gasteiger partial charge in [0, 0.05) is 23.3 Å². The highest BCUT2D eigenvalue weighted by Crippen LogP contribution is 2.09. The Kier molecular flexibility index (Phi) is 7.82. The lowest BCUT2D eigenvalue weighted by molar-refractivity contribution is -0.132. The standard InChI is InChI=1S/C18H23N3O4/c1-18(2,19)15(17(24)21-25)20-16(23)14-10-8-13(9-11-14)7-5-3-4-6-12-22/h3-4,8-11,15,22,25H,6,12,19H2,1-2H3,(H,20,23)(H,21,24)/t15-/m1/s1. The number of nitrogens with two attached hydrogens (primary N) is 1. The van der Waals surface area contributed by atoms with Gasteiger partial charge in [-0.2, -0.15) is 0 Å². The molecule has 0 unspecified atom stereocenters. The van der Waals surface area contributed by atoms with Crippen LogP contribution in [0.25, 0.3) is 0 Å². The van der Waals surface area contributed by atoms with Crippen molar-refractivity contribution >= 4 is 11.8 Å². The zero-order chi connectivity index (χ0) is 18.9. The normalized spacial score (nSPS) is 12.2. The third-order valence-corrected chi connectivity index (χ3v) is 3.25. The summed E-state index contributed by atoms with van der Waals surface area (Å²) in [6.07, 6.45) is 3.96. The van der Waals surface area contributed by atoms with E-state index in [4.69, 9.17) is 16.0 Å². The maximum absolute atomic E-state index is 12.3. The smallest absolute Gasteiger partial charge is 0.267 e. The molecule has 6 N–H and O–H groups in total. The van der Waals surface area contributed by atoms with Gasteiger partial charge in [0.2, 0.25) is 0 Å². The van der Waals surface area contributed by atoms with Crippen molar-refractivity contribution in [3.8, 4) is 11.8 Å². The van der Waals surface area contributed by atoms with E-state index in [0.717, 1.165) is 0 Å². The molecule has 1 aromatic carbocycles. The minimum absolute atomic E-state index is 0.0803. The predicted octanol–water partition coefficient (Wildman–Crippen LogP) is 0.318. The van der Waals surface area contributed by atoms with E-state index in [0.29, 0.717) is 17.5 Å². The van der Waals surface area contributed by atoms with Crippen LogP contribution in [0.3, 0.4) is 0 Å². The number of rotatable bonds is 6. The molecule has 1 atom stereocenters. The Morgan fingerprint density at radius 2 is 1.96 bits per heavy atom. The first-order chi connectivity index (χ1) is 11.8. The second kappa shape index (κ2) is 9.59. The van der Waals surface area contributed by atoms with Gasteiger partial charge in [0.1, 0.15) is 6.04 Å². The summed E-state index contributed by atoms with van der Waals surface area (Å²) >= 11 is 0. The Labute approximate surface area is 146 Å². The molecule has 0 saturated heterocycles. The molecule has 0 spiro atoms. The van der Waals surface area contributed by atoms with Gasteiger partial charge in [-0.3, -0.25) is 14.8 Å². The molecule has 0 aliphatic heterocycles. The molecule has 0 radical (unpaired) electrons. The average molecular weight is 345 g/mol. The fraction of sp³-hybridized carbons (Fsp3) is 0.333. The maximum Gasteiger partial charge on any atom is 0.267 e. The Morgan fingerprint density at radius 1 is 1.32 bits per heavy atom. The van der Waals surface area contributed by atoms with Gasteiger partial charge >= 0.3 is 0 Å². The van der Waals surface area contributed by atoms with Crippen LogP contribution in [0.5, 0.6) is 0 Å². The number of carbonyl (C=O) groups is 2. The molecule has 0 aromatic heterocycles. The number of hydrogen-bond acceptors (Lipinski definition) is 5. The van der Waals surface area contributed by atoms with Crippen LogP contribution in [0.2, 0.25) is 0 Å². The molecular weight excluding hydrogens is 322 g/mol. The van der Waals surface area contributed by atoms with E-state index in [1.807, 2.05) is 0 Å². The molecule has 0 aliphatic rings. The van der Waals surface area contributed by atoms with Gasteiger partial charge in [0.15, 0.2) is 0 Å². The first-order valence-corrected chi connectivity index (χ1v) is 7.70. The van der Waals surface area contributed by atoms with Crippen LogP contribution >= 0.6 is 0 Å². The van der Waals surface area contributed by atoms with E-state index in [9.17, 15) is 9.59 Å². The van der Waals surface area contributed by atoms with Crippen molar-refractivity contribution in [2.75, 3.05) is 6.61 Å². The number of hydrogen-bond donors (Lipinski definition) is 5. The quantitative estimate of drug-likeness (QED) is 0.288. The Morgan fingerprint density at radius 3 is 2.48 bits per heavy atom. The van der Waals surface area contributed by atoms with Gasteiger partial charge in [0.25, 0.3) is 11.8 Å². The summed E-state index contributed by atoms with van der Waals surface area (Å²) in [5, 5.41) is 19.9. The predicted molar refractivity (Wildman–Crippen MR) is 93.6 cm³/mol. The van der Waals surface area contributed by atoms with Crippen LogP contribution in [-0.2, 0) is 4.79 Å². The third-order valence-electron chi connectivity index (χ3n) is 3.25. The van der Waals surface area contributed by atoms with Crippen LogP contribution in [0.1, 0.15) is 36.2 Å². The lowest BCUT2D eigenvalue weighted by Crippen LogP contribution is -2.61. The van der Waals surface area contributed by atoms with Crippen LogP contribution in [0.15, 0.2) is 36.4 Å². The van der Waals surface area contributed by atoms with Crippen molar-refractivity contribution in [1.82, 2.24) is 10.8 Å². The minimum atomic E-state index is -1.10. The second-order valence-electron chi connectivity index (χ2n) is 5.97. The van der Waals surface area contributed by atoms with E-state index in [2.05, 4.69) is 17.2 Å². The van der Waals surface area contributed by atoms with E-state index in [1.165, 1.54) is 5.48 Å². The summed E-state index contributed by atoms with van der Waals surface area (Å²) in [7, 11) is 0. The number of benzene rings is 1. The van der Waals surface area contributed by atoms with Gasteiger partial charge in [-0.05, 0) is 50.6 Å². The summed E-state index contributed by atoms with van der Waals surface area (Å²) in [5.41, 5.74) is 7.36. The van der Waals surface area contributed by atoms with Crippen molar-refractivity contribution in [3.05, 3.63) is 47.5 Å². The zero-order valence-electron chi connectivity index (χ0n) is 14.2. The van der Waals surface area contributed by atoms with Crippen LogP contribution in [-0.4, -0.2) is 40.3 Å². The number of aliphatic hydroxyl groups is 1. The molecule has 0 heterocycles. The molecule has 1 rings (SSSR count). The van der Waals surface area contributed by atoms with Gasteiger partial charge in [0.05, 0.1) is 0 Å². The molecule has 134 valence electrons. The van der Waals surface area contributed by atoms with E-state index < -0.39 is 23.4 Å². The summed E-state index contributed by atoms with van der Waals surface area (Å²) in [6, 6.07) is 5.41. The number of carbonyl (C=O) groups excluding carboxylic acids is 2. The molecule has 0 aliphatic carbocycles. The number of allylic oxidation sites excluding steroid dienone is 1. The molecule has 7 nitrogen and oxygen atoms in total. The van der Waals surface area contributed by atoms with Gasteiger partial charge < -0.3 is 16.2 Å². The molecule has 1 aromatic rings. The minimum Gasteiger partial charge on any atom is -0.396 e. The maximum atomic E-state index is 12.3. The number of aliphatic hydroxyl groups excluding tert-OH is 1. The first kappa shape index (κ1) is 20.4. The van der Waals surface area contributed by atoms with Crippen molar-refractivity contribution in [2.24, 2.45) is 5.73 Å². The van der Waals surface area contributed by atoms with Crippen LogP contribution < -0.4 is 16.5 Å². The van der Waals surface area contributed by atoms with Crippen molar-refractivity contribution < 1.29 is 19.9 Å². The highest BCUT2D eigenvalue weighted by molar-refractivity contribution is 5.97. The zero-order valence-corrected chi connectivity index (χ0v) is 14.2. The Hall–Kier alpha value is -2.66. The number of nitrogens with one attached hydrogen (secondary N) is 2. The first-order valence-electron chi connectivity index (χ1n) is 7.70. The third kappa shape index (κ3) is 6.77. The van der Waals surface area contributed by atoms with Crippen LogP contribution in [0.4, 0.5) is 0 Å². The second-order valence-corrected chi connectivity index (χ2v) is 5.97. The SMILES string of the molecule is CC(C)(N)[C@H](NC(=O)c1ccc(C#CC=CCCO)cc1)C(=O)NO.